The van der Waals surface area contributed by atoms with Crippen LogP contribution in [-0.2, 0) is 4.74 Å². The maximum Gasteiger partial charge on any atom is 0.0467 e. The lowest BCUT2D eigenvalue weighted by molar-refractivity contribution is 0.149. The summed E-state index contributed by atoms with van der Waals surface area (Å²) in [6.07, 6.45) is 6.67. The third-order valence-corrected chi connectivity index (χ3v) is 3.97. The van der Waals surface area contributed by atoms with Crippen molar-refractivity contribution in [2.45, 2.75) is 58.9 Å². The average Bonchev–Trinajstić information content (AvgIpc) is 2.72. The predicted molar refractivity (Wildman–Crippen MR) is 69.7 cm³/mol. The van der Waals surface area contributed by atoms with E-state index in [0.717, 1.165) is 31.5 Å². The van der Waals surface area contributed by atoms with Gasteiger partial charge in [-0.05, 0) is 37.0 Å². The minimum atomic E-state index is 0.361. The van der Waals surface area contributed by atoms with Gasteiger partial charge in [-0.2, -0.15) is 0 Å². The van der Waals surface area contributed by atoms with Crippen LogP contribution < -0.4 is 5.32 Å². The molecule has 1 rings (SSSR count). The molecule has 2 heteroatoms. The highest BCUT2D eigenvalue weighted by molar-refractivity contribution is 4.82. The molecule has 96 valence electrons. The van der Waals surface area contributed by atoms with E-state index in [-0.39, 0.29) is 0 Å². The van der Waals surface area contributed by atoms with E-state index in [1.807, 2.05) is 0 Å². The van der Waals surface area contributed by atoms with Crippen LogP contribution in [-0.4, -0.2) is 26.3 Å². The molecule has 0 amide bonds. The molecule has 0 aromatic rings. The minimum absolute atomic E-state index is 0.361. The second-order valence-corrected chi connectivity index (χ2v) is 6.07. The van der Waals surface area contributed by atoms with Crippen molar-refractivity contribution in [1.82, 2.24) is 5.32 Å². The first-order valence-corrected chi connectivity index (χ1v) is 6.79. The van der Waals surface area contributed by atoms with Crippen molar-refractivity contribution in [2.75, 3.05) is 20.3 Å². The summed E-state index contributed by atoms with van der Waals surface area (Å²) in [6.45, 7) is 8.96. The fourth-order valence-corrected chi connectivity index (χ4v) is 2.52. The molecule has 2 nitrogen and oxygen atoms in total. The zero-order chi connectivity index (χ0) is 12.0. The first-order chi connectivity index (χ1) is 7.57. The van der Waals surface area contributed by atoms with Gasteiger partial charge in [0.2, 0.25) is 0 Å². The van der Waals surface area contributed by atoms with Gasteiger partial charge in [-0.15, -0.1) is 0 Å². The van der Waals surface area contributed by atoms with Crippen LogP contribution in [0.1, 0.15) is 52.9 Å². The van der Waals surface area contributed by atoms with E-state index >= 15 is 0 Å². The minimum Gasteiger partial charge on any atom is -0.385 e. The van der Waals surface area contributed by atoms with Gasteiger partial charge in [0, 0.05) is 26.3 Å². The van der Waals surface area contributed by atoms with Gasteiger partial charge in [-0.1, -0.05) is 27.2 Å². The molecule has 1 aliphatic rings. The van der Waals surface area contributed by atoms with Crippen molar-refractivity contribution in [3.63, 3.8) is 0 Å². The van der Waals surface area contributed by atoms with Crippen molar-refractivity contribution >= 4 is 0 Å². The van der Waals surface area contributed by atoms with Gasteiger partial charge in [0.1, 0.15) is 0 Å². The predicted octanol–water partition coefficient (Wildman–Crippen LogP) is 3.22. The molecule has 0 saturated heterocycles. The number of ether oxygens (including phenoxy) is 1. The molecule has 0 aliphatic heterocycles. The molecule has 0 radical (unpaired) electrons. The zero-order valence-corrected chi connectivity index (χ0v) is 11.5. The zero-order valence-electron chi connectivity index (χ0n) is 11.5. The Kier molecular flexibility index (Phi) is 5.77. The highest BCUT2D eigenvalue weighted by atomic mass is 16.5. The lowest BCUT2D eigenvalue weighted by atomic mass is 9.89. The summed E-state index contributed by atoms with van der Waals surface area (Å²) in [7, 11) is 1.78. The molecule has 1 N–H and O–H groups in total. The van der Waals surface area contributed by atoms with Crippen LogP contribution in [0.15, 0.2) is 0 Å². The number of rotatable bonds is 7. The van der Waals surface area contributed by atoms with Gasteiger partial charge >= 0.3 is 0 Å². The Morgan fingerprint density at radius 3 is 2.62 bits per heavy atom. The van der Waals surface area contributed by atoms with Crippen molar-refractivity contribution < 1.29 is 4.74 Å². The third kappa shape index (κ3) is 4.84. The monoisotopic (exact) mass is 227 g/mol. The van der Waals surface area contributed by atoms with Gasteiger partial charge in [-0.3, -0.25) is 0 Å². The summed E-state index contributed by atoms with van der Waals surface area (Å²) >= 11 is 0. The van der Waals surface area contributed by atoms with E-state index in [0.29, 0.717) is 5.41 Å². The van der Waals surface area contributed by atoms with Crippen LogP contribution in [0.25, 0.3) is 0 Å². The third-order valence-electron chi connectivity index (χ3n) is 3.97. The molecule has 0 heterocycles. The van der Waals surface area contributed by atoms with Crippen LogP contribution in [0.2, 0.25) is 0 Å². The molecular weight excluding hydrogens is 198 g/mol. The van der Waals surface area contributed by atoms with Crippen molar-refractivity contribution in [2.24, 2.45) is 11.3 Å². The molecule has 0 spiro atoms. The Bertz CT molecular complexity index is 191. The molecule has 2 unspecified atom stereocenters. The highest BCUT2D eigenvalue weighted by Gasteiger charge is 2.25. The Hall–Kier alpha value is -0.0800. The Morgan fingerprint density at radius 1 is 1.31 bits per heavy atom. The van der Waals surface area contributed by atoms with E-state index in [1.54, 1.807) is 7.11 Å². The van der Waals surface area contributed by atoms with Gasteiger partial charge < -0.3 is 10.1 Å². The molecule has 0 bridgehead atoms. The number of methoxy groups -OCH3 is 1. The first-order valence-electron chi connectivity index (χ1n) is 6.79. The van der Waals surface area contributed by atoms with Crippen LogP contribution in [0.4, 0.5) is 0 Å². The topological polar surface area (TPSA) is 21.3 Å². The van der Waals surface area contributed by atoms with E-state index < -0.39 is 0 Å². The Balaban J connectivity index is 2.18. The lowest BCUT2D eigenvalue weighted by Gasteiger charge is -2.27. The molecule has 2 atom stereocenters. The summed E-state index contributed by atoms with van der Waals surface area (Å²) in [5.41, 5.74) is 0.361. The van der Waals surface area contributed by atoms with E-state index in [4.69, 9.17) is 4.74 Å². The Morgan fingerprint density at radius 2 is 2.06 bits per heavy atom. The molecule has 1 fully saturated rings. The van der Waals surface area contributed by atoms with Gasteiger partial charge in [0.05, 0.1) is 0 Å². The maximum atomic E-state index is 5.16. The SMILES string of the molecule is CCC1CCC(NCC(C)(C)CCOC)C1. The second-order valence-electron chi connectivity index (χ2n) is 6.07. The molecule has 0 aromatic carbocycles. The summed E-state index contributed by atoms with van der Waals surface area (Å²) < 4.78 is 5.16. The number of hydrogen-bond donors (Lipinski definition) is 1. The molecule has 1 saturated carbocycles. The molecule has 0 aromatic heterocycles. The van der Waals surface area contributed by atoms with Crippen LogP contribution in [0.5, 0.6) is 0 Å². The van der Waals surface area contributed by atoms with E-state index in [1.165, 1.54) is 25.7 Å². The first kappa shape index (κ1) is 14.0. The smallest absolute Gasteiger partial charge is 0.0467 e. The summed E-state index contributed by atoms with van der Waals surface area (Å²) in [6, 6.07) is 0.770. The summed E-state index contributed by atoms with van der Waals surface area (Å²) in [4.78, 5) is 0. The second kappa shape index (κ2) is 6.61. The van der Waals surface area contributed by atoms with Crippen molar-refractivity contribution in [1.29, 1.82) is 0 Å². The maximum absolute atomic E-state index is 5.16. The average molecular weight is 227 g/mol. The van der Waals surface area contributed by atoms with E-state index in [9.17, 15) is 0 Å². The quantitative estimate of drug-likeness (QED) is 0.721. The molecule has 1 aliphatic carbocycles. The van der Waals surface area contributed by atoms with Gasteiger partial charge in [0.25, 0.3) is 0 Å². The van der Waals surface area contributed by atoms with Crippen LogP contribution >= 0.6 is 0 Å². The number of hydrogen-bond acceptors (Lipinski definition) is 2. The summed E-state index contributed by atoms with van der Waals surface area (Å²) in [5, 5.41) is 3.74. The van der Waals surface area contributed by atoms with E-state index in [2.05, 4.69) is 26.1 Å². The number of nitrogens with one attached hydrogen (secondary N) is 1. The largest absolute Gasteiger partial charge is 0.385 e. The van der Waals surface area contributed by atoms with Crippen LogP contribution in [0.3, 0.4) is 0 Å². The summed E-state index contributed by atoms with van der Waals surface area (Å²) in [5.74, 6) is 0.972. The fraction of sp³-hybridized carbons (Fsp3) is 1.00. The van der Waals surface area contributed by atoms with Crippen molar-refractivity contribution in [3.05, 3.63) is 0 Å². The Labute approximate surface area is 101 Å². The van der Waals surface area contributed by atoms with Crippen LogP contribution in [0, 0.1) is 11.3 Å². The molecular formula is C14H29NO. The van der Waals surface area contributed by atoms with Crippen molar-refractivity contribution in [3.8, 4) is 0 Å². The molecule has 16 heavy (non-hydrogen) atoms. The highest BCUT2D eigenvalue weighted by Crippen LogP contribution is 2.29. The van der Waals surface area contributed by atoms with Gasteiger partial charge in [-0.25, -0.2) is 0 Å². The standard InChI is InChI=1S/C14H29NO/c1-5-12-6-7-13(10-12)15-11-14(2,3)8-9-16-4/h12-13,15H,5-11H2,1-4H3. The van der Waals surface area contributed by atoms with Gasteiger partial charge in [0.15, 0.2) is 0 Å². The fourth-order valence-electron chi connectivity index (χ4n) is 2.52. The lowest BCUT2D eigenvalue weighted by Crippen LogP contribution is -2.36. The normalized spacial score (nSPS) is 26.2.